The van der Waals surface area contributed by atoms with E-state index < -0.39 is 0 Å². The summed E-state index contributed by atoms with van der Waals surface area (Å²) in [5.41, 5.74) is 1.25. The van der Waals surface area contributed by atoms with Crippen LogP contribution in [0.4, 0.5) is 11.5 Å². The number of hydrogen-bond acceptors (Lipinski definition) is 5. The minimum absolute atomic E-state index is 0.144. The van der Waals surface area contributed by atoms with Crippen LogP contribution in [0.1, 0.15) is 19.4 Å². The highest BCUT2D eigenvalue weighted by Gasteiger charge is 2.04. The van der Waals surface area contributed by atoms with Gasteiger partial charge in [-0.1, -0.05) is 0 Å². The van der Waals surface area contributed by atoms with E-state index in [0.29, 0.717) is 11.4 Å². The summed E-state index contributed by atoms with van der Waals surface area (Å²) in [6.45, 7) is 3.96. The van der Waals surface area contributed by atoms with Gasteiger partial charge in [0.2, 0.25) is 0 Å². The van der Waals surface area contributed by atoms with Crippen molar-refractivity contribution in [3.63, 3.8) is 0 Å². The maximum atomic E-state index is 8.95. The molecule has 1 heterocycles. The van der Waals surface area contributed by atoms with Gasteiger partial charge in [-0.2, -0.15) is 5.26 Å². The van der Waals surface area contributed by atoms with E-state index in [2.05, 4.69) is 15.3 Å². The van der Waals surface area contributed by atoms with Crippen molar-refractivity contribution in [3.05, 3.63) is 42.4 Å². The van der Waals surface area contributed by atoms with Crippen LogP contribution in [-0.4, -0.2) is 16.1 Å². The summed E-state index contributed by atoms with van der Waals surface area (Å²) in [4.78, 5) is 7.85. The first-order valence-electron chi connectivity index (χ1n) is 5.93. The van der Waals surface area contributed by atoms with Crippen LogP contribution in [-0.2, 0) is 0 Å². The highest BCUT2D eigenvalue weighted by Crippen LogP contribution is 2.20. The zero-order valence-electron chi connectivity index (χ0n) is 10.8. The van der Waals surface area contributed by atoms with Gasteiger partial charge in [-0.05, 0) is 38.1 Å². The van der Waals surface area contributed by atoms with Crippen LogP contribution in [0.3, 0.4) is 0 Å². The normalized spacial score (nSPS) is 10.0. The van der Waals surface area contributed by atoms with Crippen molar-refractivity contribution < 1.29 is 4.74 Å². The summed E-state index contributed by atoms with van der Waals surface area (Å²) >= 11 is 0. The lowest BCUT2D eigenvalue weighted by Gasteiger charge is -2.11. The molecule has 0 saturated heterocycles. The van der Waals surface area contributed by atoms with E-state index in [1.807, 2.05) is 44.2 Å². The van der Waals surface area contributed by atoms with Crippen molar-refractivity contribution in [2.75, 3.05) is 5.32 Å². The molecule has 0 aliphatic carbocycles. The number of nitriles is 1. The molecule has 1 aromatic heterocycles. The molecular weight excluding hydrogens is 240 g/mol. The second-order valence-corrected chi connectivity index (χ2v) is 4.21. The standard InChI is InChI=1S/C14H14N4O/c1-10(2)19-13-5-3-12(4-6-13)18-14-11(7-15)8-16-9-17-14/h3-6,8-10H,1-2H3,(H,16,17,18). The molecule has 0 radical (unpaired) electrons. The average molecular weight is 254 g/mol. The van der Waals surface area contributed by atoms with Crippen LogP contribution < -0.4 is 10.1 Å². The number of aromatic nitrogens is 2. The molecule has 2 aromatic rings. The Balaban J connectivity index is 2.13. The van der Waals surface area contributed by atoms with Crippen molar-refractivity contribution in [2.45, 2.75) is 20.0 Å². The molecule has 19 heavy (non-hydrogen) atoms. The summed E-state index contributed by atoms with van der Waals surface area (Å²) in [6.07, 6.45) is 3.02. The zero-order valence-corrected chi connectivity index (χ0v) is 10.8. The number of ether oxygens (including phenoxy) is 1. The first-order valence-corrected chi connectivity index (χ1v) is 5.93. The third kappa shape index (κ3) is 3.42. The van der Waals surface area contributed by atoms with E-state index in [-0.39, 0.29) is 6.10 Å². The summed E-state index contributed by atoms with van der Waals surface area (Å²) in [5, 5.41) is 12.0. The lowest BCUT2D eigenvalue weighted by molar-refractivity contribution is 0.242. The van der Waals surface area contributed by atoms with E-state index in [1.165, 1.54) is 12.5 Å². The van der Waals surface area contributed by atoms with Crippen molar-refractivity contribution >= 4 is 11.5 Å². The molecule has 5 heteroatoms. The SMILES string of the molecule is CC(C)Oc1ccc(Nc2ncncc2C#N)cc1. The van der Waals surface area contributed by atoms with Gasteiger partial charge in [0.05, 0.1) is 12.3 Å². The number of anilines is 2. The molecule has 2 rings (SSSR count). The lowest BCUT2D eigenvalue weighted by Crippen LogP contribution is -2.05. The fraction of sp³-hybridized carbons (Fsp3) is 0.214. The third-order valence-corrected chi connectivity index (χ3v) is 2.32. The number of nitrogens with zero attached hydrogens (tertiary/aromatic N) is 3. The van der Waals surface area contributed by atoms with Crippen LogP contribution in [0.5, 0.6) is 5.75 Å². The largest absolute Gasteiger partial charge is 0.491 e. The minimum Gasteiger partial charge on any atom is -0.491 e. The Kier molecular flexibility index (Phi) is 3.94. The van der Waals surface area contributed by atoms with Crippen LogP contribution in [0.15, 0.2) is 36.8 Å². The highest BCUT2D eigenvalue weighted by atomic mass is 16.5. The number of rotatable bonds is 4. The molecule has 96 valence electrons. The molecule has 0 unspecified atom stereocenters. The van der Waals surface area contributed by atoms with Gasteiger partial charge in [-0.15, -0.1) is 0 Å². The van der Waals surface area contributed by atoms with Crippen LogP contribution in [0, 0.1) is 11.3 Å². The van der Waals surface area contributed by atoms with Gasteiger partial charge in [-0.25, -0.2) is 9.97 Å². The minimum atomic E-state index is 0.144. The summed E-state index contributed by atoms with van der Waals surface area (Å²) in [6, 6.07) is 9.53. The van der Waals surface area contributed by atoms with Gasteiger partial charge in [0.25, 0.3) is 0 Å². The topological polar surface area (TPSA) is 70.8 Å². The lowest BCUT2D eigenvalue weighted by atomic mass is 10.2. The van der Waals surface area contributed by atoms with Gasteiger partial charge < -0.3 is 10.1 Å². The highest BCUT2D eigenvalue weighted by molar-refractivity contribution is 5.62. The van der Waals surface area contributed by atoms with Crippen LogP contribution in [0.2, 0.25) is 0 Å². The maximum Gasteiger partial charge on any atom is 0.151 e. The molecular formula is C14H14N4O. The molecule has 0 fully saturated rings. The van der Waals surface area contributed by atoms with Gasteiger partial charge in [-0.3, -0.25) is 0 Å². The van der Waals surface area contributed by atoms with E-state index in [9.17, 15) is 0 Å². The molecule has 0 aliphatic rings. The average Bonchev–Trinajstić information content (AvgIpc) is 2.41. The van der Waals surface area contributed by atoms with E-state index >= 15 is 0 Å². The van der Waals surface area contributed by atoms with Crippen LogP contribution >= 0.6 is 0 Å². The first-order chi connectivity index (χ1) is 9.19. The van der Waals surface area contributed by atoms with Crippen molar-refractivity contribution in [3.8, 4) is 11.8 Å². The van der Waals surface area contributed by atoms with Gasteiger partial charge in [0, 0.05) is 5.69 Å². The Hall–Kier alpha value is -2.61. The van der Waals surface area contributed by atoms with E-state index in [1.54, 1.807) is 0 Å². The molecule has 1 aromatic carbocycles. The molecule has 0 amide bonds. The number of benzene rings is 1. The number of hydrogen-bond donors (Lipinski definition) is 1. The maximum absolute atomic E-state index is 8.95. The van der Waals surface area contributed by atoms with Gasteiger partial charge >= 0.3 is 0 Å². The second kappa shape index (κ2) is 5.83. The summed E-state index contributed by atoms with van der Waals surface area (Å²) in [7, 11) is 0. The van der Waals surface area contributed by atoms with Crippen molar-refractivity contribution in [1.82, 2.24) is 9.97 Å². The van der Waals surface area contributed by atoms with Crippen molar-refractivity contribution in [1.29, 1.82) is 5.26 Å². The predicted molar refractivity (Wildman–Crippen MR) is 72.2 cm³/mol. The third-order valence-electron chi connectivity index (χ3n) is 2.32. The second-order valence-electron chi connectivity index (χ2n) is 4.21. The molecule has 0 atom stereocenters. The molecule has 1 N–H and O–H groups in total. The molecule has 0 spiro atoms. The number of nitrogens with one attached hydrogen (secondary N) is 1. The van der Waals surface area contributed by atoms with Gasteiger partial charge in [0.1, 0.15) is 23.7 Å². The quantitative estimate of drug-likeness (QED) is 0.908. The molecule has 0 saturated carbocycles. The predicted octanol–water partition coefficient (Wildman–Crippen LogP) is 2.88. The first kappa shape index (κ1) is 12.8. The fourth-order valence-electron chi connectivity index (χ4n) is 1.54. The van der Waals surface area contributed by atoms with E-state index in [4.69, 9.17) is 10.00 Å². The molecule has 0 aliphatic heterocycles. The van der Waals surface area contributed by atoms with Crippen molar-refractivity contribution in [2.24, 2.45) is 0 Å². The van der Waals surface area contributed by atoms with E-state index in [0.717, 1.165) is 11.4 Å². The Labute approximate surface area is 111 Å². The van der Waals surface area contributed by atoms with Gasteiger partial charge in [0.15, 0.2) is 5.82 Å². The summed E-state index contributed by atoms with van der Waals surface area (Å²) in [5.74, 6) is 1.30. The Bertz CT molecular complexity index is 587. The molecule has 5 nitrogen and oxygen atoms in total. The fourth-order valence-corrected chi connectivity index (χ4v) is 1.54. The summed E-state index contributed by atoms with van der Waals surface area (Å²) < 4.78 is 5.56. The Morgan fingerprint density at radius 1 is 1.26 bits per heavy atom. The Morgan fingerprint density at radius 3 is 2.63 bits per heavy atom. The zero-order chi connectivity index (χ0) is 13.7. The van der Waals surface area contributed by atoms with Crippen LogP contribution in [0.25, 0.3) is 0 Å². The molecule has 0 bridgehead atoms. The smallest absolute Gasteiger partial charge is 0.151 e. The monoisotopic (exact) mass is 254 g/mol. The Morgan fingerprint density at radius 2 is 2.00 bits per heavy atom.